The third-order valence-electron chi connectivity index (χ3n) is 2.41. The van der Waals surface area contributed by atoms with Crippen molar-refractivity contribution in [3.05, 3.63) is 34.3 Å². The molecule has 17 heavy (non-hydrogen) atoms. The Labute approximate surface area is 109 Å². The molecule has 1 aromatic rings. The van der Waals surface area contributed by atoms with Gasteiger partial charge in [0, 0.05) is 4.47 Å². The average molecular weight is 299 g/mol. The van der Waals surface area contributed by atoms with E-state index < -0.39 is 11.9 Å². The lowest BCUT2D eigenvalue weighted by Gasteiger charge is -2.12. The van der Waals surface area contributed by atoms with E-state index in [9.17, 15) is 9.59 Å². The summed E-state index contributed by atoms with van der Waals surface area (Å²) in [6.45, 7) is 3.44. The van der Waals surface area contributed by atoms with Gasteiger partial charge in [-0.2, -0.15) is 0 Å². The summed E-state index contributed by atoms with van der Waals surface area (Å²) in [5.41, 5.74) is 0.946. The number of esters is 1. The van der Waals surface area contributed by atoms with E-state index in [1.165, 1.54) is 6.92 Å². The Kier molecular flexibility index (Phi) is 5.35. The summed E-state index contributed by atoms with van der Waals surface area (Å²) in [6, 6.07) is 7.55. The zero-order valence-corrected chi connectivity index (χ0v) is 11.5. The number of Topliss-reactive ketones (excluding diaryl/α,β-unsaturated/α-hetero) is 1. The van der Waals surface area contributed by atoms with Gasteiger partial charge in [-0.3, -0.25) is 9.59 Å². The summed E-state index contributed by atoms with van der Waals surface area (Å²) >= 11 is 3.34. The average Bonchev–Trinajstić information content (AvgIpc) is 2.28. The van der Waals surface area contributed by atoms with Crippen LogP contribution in [0.3, 0.4) is 0 Å². The summed E-state index contributed by atoms with van der Waals surface area (Å²) in [6.07, 6.45) is 0.390. The molecule has 92 valence electrons. The van der Waals surface area contributed by atoms with E-state index in [1.807, 2.05) is 24.3 Å². The summed E-state index contributed by atoms with van der Waals surface area (Å²) < 4.78 is 5.86. The second-order valence-corrected chi connectivity index (χ2v) is 4.66. The van der Waals surface area contributed by atoms with E-state index in [4.69, 9.17) is 4.74 Å². The molecular formula is C13H15BrO3. The molecule has 0 N–H and O–H groups in total. The molecule has 0 saturated heterocycles. The van der Waals surface area contributed by atoms with Crippen LogP contribution in [0.1, 0.15) is 19.4 Å². The van der Waals surface area contributed by atoms with Gasteiger partial charge in [-0.25, -0.2) is 0 Å². The van der Waals surface area contributed by atoms with Gasteiger partial charge >= 0.3 is 5.97 Å². The van der Waals surface area contributed by atoms with Gasteiger partial charge < -0.3 is 4.74 Å². The summed E-state index contributed by atoms with van der Waals surface area (Å²) in [7, 11) is 0. The van der Waals surface area contributed by atoms with Gasteiger partial charge in [0.1, 0.15) is 11.7 Å². The van der Waals surface area contributed by atoms with E-state index in [0.29, 0.717) is 13.0 Å². The van der Waals surface area contributed by atoms with Crippen molar-refractivity contribution < 1.29 is 14.3 Å². The lowest BCUT2D eigenvalue weighted by Crippen LogP contribution is -2.26. The molecule has 3 nitrogen and oxygen atoms in total. The van der Waals surface area contributed by atoms with Gasteiger partial charge in [0.15, 0.2) is 0 Å². The van der Waals surface area contributed by atoms with Gasteiger partial charge in [0.25, 0.3) is 0 Å². The number of hydrogen-bond acceptors (Lipinski definition) is 3. The molecule has 0 radical (unpaired) electrons. The van der Waals surface area contributed by atoms with E-state index >= 15 is 0 Å². The Hall–Kier alpha value is -1.16. The predicted molar refractivity (Wildman–Crippen MR) is 68.7 cm³/mol. The van der Waals surface area contributed by atoms with Crippen LogP contribution in [0.15, 0.2) is 28.7 Å². The third kappa shape index (κ3) is 4.30. The van der Waals surface area contributed by atoms with E-state index in [-0.39, 0.29) is 5.78 Å². The number of carbonyl (C=O) groups excluding carboxylic acids is 2. The minimum atomic E-state index is -0.698. The van der Waals surface area contributed by atoms with Gasteiger partial charge in [-0.1, -0.05) is 28.1 Å². The minimum Gasteiger partial charge on any atom is -0.465 e. The van der Waals surface area contributed by atoms with Crippen LogP contribution in [0.2, 0.25) is 0 Å². The number of hydrogen-bond donors (Lipinski definition) is 0. The maximum Gasteiger partial charge on any atom is 0.316 e. The second-order valence-electron chi connectivity index (χ2n) is 3.75. The Balaban J connectivity index is 2.76. The highest BCUT2D eigenvalue weighted by Gasteiger charge is 2.24. The standard InChI is InChI=1S/C13H15BrO3/c1-3-17-13(16)12(9(2)15)8-10-4-6-11(14)7-5-10/h4-7,12H,3,8H2,1-2H3/t12-/m0/s1. The molecule has 0 saturated carbocycles. The third-order valence-corrected chi connectivity index (χ3v) is 2.94. The number of ether oxygens (including phenoxy) is 1. The molecule has 4 heteroatoms. The highest BCUT2D eigenvalue weighted by atomic mass is 79.9. The topological polar surface area (TPSA) is 43.4 Å². The highest BCUT2D eigenvalue weighted by molar-refractivity contribution is 9.10. The molecule has 1 atom stereocenters. The smallest absolute Gasteiger partial charge is 0.316 e. The van der Waals surface area contributed by atoms with Gasteiger partial charge in [0.2, 0.25) is 0 Å². The zero-order chi connectivity index (χ0) is 12.8. The van der Waals surface area contributed by atoms with E-state index in [1.54, 1.807) is 6.92 Å². The van der Waals surface area contributed by atoms with Crippen molar-refractivity contribution in [2.45, 2.75) is 20.3 Å². The number of benzene rings is 1. The molecular weight excluding hydrogens is 284 g/mol. The van der Waals surface area contributed by atoms with Gasteiger partial charge in [-0.05, 0) is 38.0 Å². The number of halogens is 1. The lowest BCUT2D eigenvalue weighted by molar-refractivity contribution is -0.151. The second kappa shape index (κ2) is 6.55. The largest absolute Gasteiger partial charge is 0.465 e. The molecule has 0 amide bonds. The first-order valence-electron chi connectivity index (χ1n) is 5.46. The van der Waals surface area contributed by atoms with Crippen LogP contribution in [-0.4, -0.2) is 18.4 Å². The van der Waals surface area contributed by atoms with Crippen LogP contribution >= 0.6 is 15.9 Å². The molecule has 0 aliphatic heterocycles. The number of carbonyl (C=O) groups is 2. The monoisotopic (exact) mass is 298 g/mol. The predicted octanol–water partition coefficient (Wildman–Crippen LogP) is 2.76. The molecule has 0 spiro atoms. The maximum absolute atomic E-state index is 11.6. The van der Waals surface area contributed by atoms with Crippen molar-refractivity contribution in [1.29, 1.82) is 0 Å². The van der Waals surface area contributed by atoms with Crippen LogP contribution in [0.4, 0.5) is 0 Å². The summed E-state index contributed by atoms with van der Waals surface area (Å²) in [5, 5.41) is 0. The first-order valence-corrected chi connectivity index (χ1v) is 6.25. The molecule has 0 unspecified atom stereocenters. The van der Waals surface area contributed by atoms with Crippen molar-refractivity contribution in [1.82, 2.24) is 0 Å². The van der Waals surface area contributed by atoms with Crippen molar-refractivity contribution in [3.63, 3.8) is 0 Å². The quantitative estimate of drug-likeness (QED) is 0.620. The first-order chi connectivity index (χ1) is 8.04. The zero-order valence-electron chi connectivity index (χ0n) is 9.90. The molecule has 0 bridgehead atoms. The van der Waals surface area contributed by atoms with Gasteiger partial charge in [-0.15, -0.1) is 0 Å². The van der Waals surface area contributed by atoms with Crippen LogP contribution < -0.4 is 0 Å². The van der Waals surface area contributed by atoms with Crippen molar-refractivity contribution >= 4 is 27.7 Å². The van der Waals surface area contributed by atoms with E-state index in [2.05, 4.69) is 15.9 Å². The van der Waals surface area contributed by atoms with Crippen LogP contribution in [0, 0.1) is 5.92 Å². The fraction of sp³-hybridized carbons (Fsp3) is 0.385. The molecule has 1 rings (SSSR count). The van der Waals surface area contributed by atoms with Crippen LogP contribution in [-0.2, 0) is 20.7 Å². The number of ketones is 1. The summed E-state index contributed by atoms with van der Waals surface area (Å²) in [5.74, 6) is -1.30. The fourth-order valence-corrected chi connectivity index (χ4v) is 1.76. The Morgan fingerprint density at radius 3 is 2.35 bits per heavy atom. The van der Waals surface area contributed by atoms with Crippen molar-refractivity contribution in [2.75, 3.05) is 6.61 Å². The normalized spacial score (nSPS) is 11.9. The minimum absolute atomic E-state index is 0.161. The molecule has 0 aliphatic carbocycles. The number of rotatable bonds is 5. The van der Waals surface area contributed by atoms with Crippen molar-refractivity contribution in [3.8, 4) is 0 Å². The van der Waals surface area contributed by atoms with E-state index in [0.717, 1.165) is 10.0 Å². The molecule has 0 heterocycles. The highest BCUT2D eigenvalue weighted by Crippen LogP contribution is 2.15. The fourth-order valence-electron chi connectivity index (χ4n) is 1.49. The molecule has 1 aromatic carbocycles. The SMILES string of the molecule is CCOC(=O)[C@@H](Cc1ccc(Br)cc1)C(C)=O. The Morgan fingerprint density at radius 2 is 1.88 bits per heavy atom. The molecule has 0 aliphatic rings. The Bertz CT molecular complexity index is 398. The molecule has 0 fully saturated rings. The lowest BCUT2D eigenvalue weighted by atomic mass is 9.96. The van der Waals surface area contributed by atoms with Crippen LogP contribution in [0.5, 0.6) is 0 Å². The van der Waals surface area contributed by atoms with Gasteiger partial charge in [0.05, 0.1) is 6.61 Å². The first kappa shape index (κ1) is 13.9. The summed E-state index contributed by atoms with van der Waals surface area (Å²) in [4.78, 5) is 23.0. The molecule has 0 aromatic heterocycles. The van der Waals surface area contributed by atoms with Crippen LogP contribution in [0.25, 0.3) is 0 Å². The van der Waals surface area contributed by atoms with Crippen molar-refractivity contribution in [2.24, 2.45) is 5.92 Å². The maximum atomic E-state index is 11.6. The Morgan fingerprint density at radius 1 is 1.29 bits per heavy atom.